The number of ether oxygens (including phenoxy) is 2. The summed E-state index contributed by atoms with van der Waals surface area (Å²) in [5.74, 6) is -1.93. The van der Waals surface area contributed by atoms with Crippen molar-refractivity contribution in [3.05, 3.63) is 0 Å². The molecule has 0 aromatic heterocycles. The SMILES string of the molecule is CC(C)[Si](O[C@@H](C)[C@H](O)[C@@H]1C[C@]2(CCC(=O)O2)O[C@H]1O)(C(C)C)C(C)C. The van der Waals surface area contributed by atoms with E-state index in [4.69, 9.17) is 13.9 Å². The molecule has 0 amide bonds. The smallest absolute Gasteiger partial charge is 0.308 e. The second kappa shape index (κ2) is 7.87. The number of hydrogen-bond donors (Lipinski definition) is 2. The Morgan fingerprint density at radius 3 is 2.08 bits per heavy atom. The van der Waals surface area contributed by atoms with Crippen LogP contribution < -0.4 is 0 Å². The predicted octanol–water partition coefficient (Wildman–Crippen LogP) is 3.32. The molecule has 7 heteroatoms. The van der Waals surface area contributed by atoms with Gasteiger partial charge in [-0.3, -0.25) is 4.79 Å². The quantitative estimate of drug-likeness (QED) is 0.514. The molecule has 2 rings (SSSR count). The van der Waals surface area contributed by atoms with E-state index in [-0.39, 0.29) is 12.4 Å². The summed E-state index contributed by atoms with van der Waals surface area (Å²) in [4.78, 5) is 11.5. The Morgan fingerprint density at radius 1 is 1.12 bits per heavy atom. The van der Waals surface area contributed by atoms with Gasteiger partial charge in [0.25, 0.3) is 0 Å². The monoisotopic (exact) mass is 388 g/mol. The third-order valence-electron chi connectivity index (χ3n) is 6.28. The van der Waals surface area contributed by atoms with Crippen molar-refractivity contribution < 1.29 is 28.9 Å². The zero-order valence-corrected chi connectivity index (χ0v) is 18.2. The van der Waals surface area contributed by atoms with E-state index in [2.05, 4.69) is 41.5 Å². The number of carbonyl (C=O) groups is 1. The van der Waals surface area contributed by atoms with Crippen LogP contribution in [0, 0.1) is 5.92 Å². The maximum atomic E-state index is 11.5. The highest BCUT2D eigenvalue weighted by molar-refractivity contribution is 6.77. The van der Waals surface area contributed by atoms with E-state index >= 15 is 0 Å². The van der Waals surface area contributed by atoms with Crippen LogP contribution in [0.5, 0.6) is 0 Å². The topological polar surface area (TPSA) is 85.2 Å². The first kappa shape index (κ1) is 21.8. The summed E-state index contributed by atoms with van der Waals surface area (Å²) in [7, 11) is -2.15. The third-order valence-corrected chi connectivity index (χ3v) is 12.5. The predicted molar refractivity (Wildman–Crippen MR) is 101 cm³/mol. The molecule has 0 aliphatic carbocycles. The summed E-state index contributed by atoms with van der Waals surface area (Å²) < 4.78 is 17.5. The molecule has 0 bridgehead atoms. The molecule has 0 radical (unpaired) electrons. The van der Waals surface area contributed by atoms with E-state index in [0.717, 1.165) is 0 Å². The molecule has 2 aliphatic rings. The fourth-order valence-corrected chi connectivity index (χ4v) is 10.7. The zero-order valence-electron chi connectivity index (χ0n) is 17.2. The van der Waals surface area contributed by atoms with Crippen LogP contribution in [-0.2, 0) is 18.7 Å². The normalized spacial score (nSPS) is 32.1. The Labute approximate surface area is 158 Å². The first-order valence-corrected chi connectivity index (χ1v) is 12.0. The first-order chi connectivity index (χ1) is 11.9. The average molecular weight is 389 g/mol. The summed E-state index contributed by atoms with van der Waals surface area (Å²) in [5, 5.41) is 21.3. The second-order valence-corrected chi connectivity index (χ2v) is 14.3. The van der Waals surface area contributed by atoms with E-state index < -0.39 is 38.5 Å². The molecule has 2 fully saturated rings. The fourth-order valence-electron chi connectivity index (χ4n) is 5.08. The van der Waals surface area contributed by atoms with Crippen molar-refractivity contribution in [3.63, 3.8) is 0 Å². The third kappa shape index (κ3) is 3.87. The lowest BCUT2D eigenvalue weighted by molar-refractivity contribution is -0.240. The number of esters is 1. The van der Waals surface area contributed by atoms with Gasteiger partial charge in [-0.1, -0.05) is 41.5 Å². The molecule has 6 nitrogen and oxygen atoms in total. The molecule has 0 unspecified atom stereocenters. The van der Waals surface area contributed by atoms with Gasteiger partial charge in [0.1, 0.15) is 0 Å². The van der Waals surface area contributed by atoms with Gasteiger partial charge in [0.05, 0.1) is 18.6 Å². The molecule has 0 aromatic carbocycles. The molecule has 0 aromatic rings. The van der Waals surface area contributed by atoms with Crippen LogP contribution in [0.15, 0.2) is 0 Å². The van der Waals surface area contributed by atoms with Gasteiger partial charge in [0, 0.05) is 18.8 Å². The number of hydrogen-bond acceptors (Lipinski definition) is 6. The molecule has 1 spiro atoms. The molecule has 26 heavy (non-hydrogen) atoms. The minimum absolute atomic E-state index is 0.283. The molecule has 5 atom stereocenters. The van der Waals surface area contributed by atoms with Gasteiger partial charge in [-0.25, -0.2) is 0 Å². The summed E-state index contributed by atoms with van der Waals surface area (Å²) in [5.41, 5.74) is 1.22. The van der Waals surface area contributed by atoms with E-state index in [0.29, 0.717) is 29.5 Å². The minimum atomic E-state index is -2.15. The molecule has 2 N–H and O–H groups in total. The first-order valence-electron chi connectivity index (χ1n) is 9.88. The summed E-state index contributed by atoms with van der Waals surface area (Å²) in [6.07, 6.45) is -1.46. The van der Waals surface area contributed by atoms with E-state index in [1.807, 2.05) is 6.92 Å². The van der Waals surface area contributed by atoms with Gasteiger partial charge in [0.15, 0.2) is 6.29 Å². The molecule has 0 saturated carbocycles. The van der Waals surface area contributed by atoms with Crippen LogP contribution in [0.3, 0.4) is 0 Å². The van der Waals surface area contributed by atoms with Gasteiger partial charge in [0.2, 0.25) is 14.1 Å². The lowest BCUT2D eigenvalue weighted by Crippen LogP contribution is -2.53. The minimum Gasteiger partial charge on any atom is -0.433 e. The second-order valence-electron chi connectivity index (χ2n) is 8.89. The highest BCUT2D eigenvalue weighted by Gasteiger charge is 2.55. The average Bonchev–Trinajstić information content (AvgIpc) is 3.04. The molecular formula is C19H36O6Si. The van der Waals surface area contributed by atoms with Crippen LogP contribution in [-0.4, -0.2) is 48.8 Å². The van der Waals surface area contributed by atoms with Crippen LogP contribution in [0.1, 0.15) is 67.7 Å². The number of aliphatic hydroxyl groups excluding tert-OH is 2. The van der Waals surface area contributed by atoms with Crippen molar-refractivity contribution in [3.8, 4) is 0 Å². The van der Waals surface area contributed by atoms with Crippen molar-refractivity contribution in [1.29, 1.82) is 0 Å². The summed E-state index contributed by atoms with van der Waals surface area (Å²) >= 11 is 0. The van der Waals surface area contributed by atoms with Gasteiger partial charge < -0.3 is 24.1 Å². The maximum absolute atomic E-state index is 11.5. The Hall–Kier alpha value is -0.473. The standard InChI is InChI=1S/C19H36O6Si/c1-11(2)26(12(3)4,13(5)6)25-14(7)17(21)15-10-19(24-18(15)22)9-8-16(20)23-19/h11-15,17-18,21-22H,8-10H2,1-7H3/t14-,15-,17-,18+,19-/m0/s1. The molecule has 2 heterocycles. The van der Waals surface area contributed by atoms with E-state index in [1.165, 1.54) is 0 Å². The summed E-state index contributed by atoms with van der Waals surface area (Å²) in [6, 6.07) is 0. The molecule has 2 saturated heterocycles. The van der Waals surface area contributed by atoms with Crippen molar-refractivity contribution >= 4 is 14.3 Å². The zero-order chi connectivity index (χ0) is 19.9. The van der Waals surface area contributed by atoms with Crippen LogP contribution >= 0.6 is 0 Å². The van der Waals surface area contributed by atoms with Gasteiger partial charge >= 0.3 is 5.97 Å². The van der Waals surface area contributed by atoms with Crippen molar-refractivity contribution in [2.45, 2.75) is 109 Å². The van der Waals surface area contributed by atoms with E-state index in [9.17, 15) is 15.0 Å². The van der Waals surface area contributed by atoms with Gasteiger partial charge in [-0.05, 0) is 23.5 Å². The van der Waals surface area contributed by atoms with Crippen LogP contribution in [0.2, 0.25) is 16.6 Å². The Bertz CT molecular complexity index is 486. The highest BCUT2D eigenvalue weighted by atomic mass is 28.4. The largest absolute Gasteiger partial charge is 0.433 e. The lowest BCUT2D eigenvalue weighted by atomic mass is 9.92. The Kier molecular flexibility index (Phi) is 6.61. The Balaban J connectivity index is 2.13. The maximum Gasteiger partial charge on any atom is 0.308 e. The fraction of sp³-hybridized carbons (Fsp3) is 0.947. The number of carbonyl (C=O) groups excluding carboxylic acids is 1. The molecule has 152 valence electrons. The number of rotatable bonds is 7. The lowest BCUT2D eigenvalue weighted by Gasteiger charge is -2.45. The number of aliphatic hydroxyl groups is 2. The van der Waals surface area contributed by atoms with Crippen molar-refractivity contribution in [1.82, 2.24) is 0 Å². The van der Waals surface area contributed by atoms with Crippen LogP contribution in [0.25, 0.3) is 0 Å². The Morgan fingerprint density at radius 2 is 1.65 bits per heavy atom. The van der Waals surface area contributed by atoms with Gasteiger partial charge in [-0.15, -0.1) is 0 Å². The van der Waals surface area contributed by atoms with E-state index in [1.54, 1.807) is 0 Å². The van der Waals surface area contributed by atoms with Gasteiger partial charge in [-0.2, -0.15) is 0 Å². The van der Waals surface area contributed by atoms with Crippen LogP contribution in [0.4, 0.5) is 0 Å². The van der Waals surface area contributed by atoms with Crippen molar-refractivity contribution in [2.75, 3.05) is 0 Å². The molecule has 2 aliphatic heterocycles. The highest BCUT2D eigenvalue weighted by Crippen LogP contribution is 2.46. The summed E-state index contributed by atoms with van der Waals surface area (Å²) in [6.45, 7) is 15.1. The molecular weight excluding hydrogens is 352 g/mol. The van der Waals surface area contributed by atoms with Crippen molar-refractivity contribution in [2.24, 2.45) is 5.92 Å².